The number of pyridine rings is 1. The molecule has 0 bridgehead atoms. The van der Waals surface area contributed by atoms with Gasteiger partial charge in [-0.05, 0) is 24.0 Å². The van der Waals surface area contributed by atoms with Crippen molar-refractivity contribution in [1.82, 2.24) is 15.0 Å². The van der Waals surface area contributed by atoms with Gasteiger partial charge in [-0.3, -0.25) is 0 Å². The van der Waals surface area contributed by atoms with Crippen LogP contribution in [0.3, 0.4) is 0 Å². The number of nitrogens with one attached hydrogen (secondary N) is 2. The lowest BCUT2D eigenvalue weighted by atomic mass is 9.88. The van der Waals surface area contributed by atoms with Crippen LogP contribution in [0.5, 0.6) is 0 Å². The molecule has 16 heavy (non-hydrogen) atoms. The van der Waals surface area contributed by atoms with Gasteiger partial charge in [0.05, 0.1) is 5.52 Å². The number of hydrogen-bond donors (Lipinski definition) is 2. The van der Waals surface area contributed by atoms with Gasteiger partial charge in [0, 0.05) is 12.7 Å². The maximum atomic E-state index is 4.37. The number of aromatic nitrogens is 3. The van der Waals surface area contributed by atoms with Crippen molar-refractivity contribution in [1.29, 1.82) is 0 Å². The van der Waals surface area contributed by atoms with Crippen molar-refractivity contribution in [2.45, 2.75) is 33.1 Å². The second-order valence-electron chi connectivity index (χ2n) is 4.96. The monoisotopic (exact) mass is 218 g/mol. The third-order valence-electron chi connectivity index (χ3n) is 2.55. The molecular formula is C12H18N4. The number of hydrogen-bond acceptors (Lipinski definition) is 3. The molecule has 0 aliphatic heterocycles. The molecule has 0 atom stereocenters. The van der Waals surface area contributed by atoms with Gasteiger partial charge in [0.1, 0.15) is 0 Å². The van der Waals surface area contributed by atoms with Crippen LogP contribution in [-0.4, -0.2) is 21.5 Å². The van der Waals surface area contributed by atoms with Crippen LogP contribution >= 0.6 is 0 Å². The normalized spacial score (nSPS) is 12.0. The fourth-order valence-corrected chi connectivity index (χ4v) is 1.56. The summed E-state index contributed by atoms with van der Waals surface area (Å²) in [5.74, 6) is 0.788. The summed E-state index contributed by atoms with van der Waals surface area (Å²) in [4.78, 5) is 11.9. The van der Waals surface area contributed by atoms with Crippen LogP contribution in [-0.2, 0) is 5.41 Å². The van der Waals surface area contributed by atoms with Gasteiger partial charge in [-0.2, -0.15) is 4.98 Å². The Balaban J connectivity index is 2.46. The molecule has 0 amide bonds. The average Bonchev–Trinajstić information content (AvgIpc) is 2.57. The van der Waals surface area contributed by atoms with Gasteiger partial charge < -0.3 is 10.3 Å². The summed E-state index contributed by atoms with van der Waals surface area (Å²) in [5, 5.41) is 3.15. The Labute approximate surface area is 95.5 Å². The van der Waals surface area contributed by atoms with Crippen molar-refractivity contribution in [2.75, 3.05) is 11.9 Å². The van der Waals surface area contributed by atoms with E-state index in [1.165, 1.54) is 5.56 Å². The lowest BCUT2D eigenvalue weighted by molar-refractivity contribution is 0.588. The first-order chi connectivity index (χ1) is 7.50. The lowest BCUT2D eigenvalue weighted by Crippen LogP contribution is -2.11. The Kier molecular flexibility index (Phi) is 2.58. The second kappa shape index (κ2) is 3.77. The number of anilines is 1. The predicted molar refractivity (Wildman–Crippen MR) is 66.8 cm³/mol. The first kappa shape index (κ1) is 10.9. The molecule has 2 rings (SSSR count). The second-order valence-corrected chi connectivity index (χ2v) is 4.96. The van der Waals surface area contributed by atoms with Crippen LogP contribution in [0.4, 0.5) is 5.95 Å². The first-order valence-corrected chi connectivity index (χ1v) is 5.61. The van der Waals surface area contributed by atoms with E-state index in [-0.39, 0.29) is 5.41 Å². The molecule has 0 unspecified atom stereocenters. The fourth-order valence-electron chi connectivity index (χ4n) is 1.56. The molecule has 86 valence electrons. The maximum Gasteiger partial charge on any atom is 0.202 e. The first-order valence-electron chi connectivity index (χ1n) is 5.61. The van der Waals surface area contributed by atoms with Crippen molar-refractivity contribution >= 4 is 17.1 Å². The minimum absolute atomic E-state index is 0.116. The van der Waals surface area contributed by atoms with E-state index in [1.807, 2.05) is 13.1 Å². The maximum absolute atomic E-state index is 4.37. The molecule has 4 nitrogen and oxygen atoms in total. The summed E-state index contributed by atoms with van der Waals surface area (Å²) in [7, 11) is 0. The zero-order valence-corrected chi connectivity index (χ0v) is 10.3. The average molecular weight is 218 g/mol. The van der Waals surface area contributed by atoms with E-state index >= 15 is 0 Å². The van der Waals surface area contributed by atoms with Crippen molar-refractivity contribution < 1.29 is 0 Å². The minimum atomic E-state index is 0.116. The number of aromatic amines is 1. The standard InChI is InChI=1S/C12H18N4/c1-5-13-11-15-9-6-8(12(2,3)4)7-14-10(9)16-11/h6-7H,5H2,1-4H3,(H2,13,14,15,16). The highest BCUT2D eigenvalue weighted by Crippen LogP contribution is 2.24. The molecule has 2 N–H and O–H groups in total. The number of rotatable bonds is 2. The number of fused-ring (bicyclic) bond motifs is 1. The molecule has 2 aromatic rings. The molecule has 0 spiro atoms. The summed E-state index contributed by atoms with van der Waals surface area (Å²) >= 11 is 0. The minimum Gasteiger partial charge on any atom is -0.356 e. The van der Waals surface area contributed by atoms with Gasteiger partial charge in [-0.15, -0.1) is 0 Å². The third-order valence-corrected chi connectivity index (χ3v) is 2.55. The van der Waals surface area contributed by atoms with Gasteiger partial charge in [-0.1, -0.05) is 20.8 Å². The van der Waals surface area contributed by atoms with Crippen molar-refractivity contribution in [2.24, 2.45) is 0 Å². The molecule has 0 aromatic carbocycles. The molecule has 4 heteroatoms. The smallest absolute Gasteiger partial charge is 0.202 e. The fraction of sp³-hybridized carbons (Fsp3) is 0.500. The van der Waals surface area contributed by atoms with E-state index in [1.54, 1.807) is 0 Å². The number of H-pyrrole nitrogens is 1. The van der Waals surface area contributed by atoms with Crippen molar-refractivity contribution in [3.05, 3.63) is 17.8 Å². The highest BCUT2D eigenvalue weighted by atomic mass is 15.1. The van der Waals surface area contributed by atoms with Crippen LogP contribution in [0, 0.1) is 0 Å². The lowest BCUT2D eigenvalue weighted by Gasteiger charge is -2.17. The molecule has 0 aliphatic rings. The van der Waals surface area contributed by atoms with Crippen molar-refractivity contribution in [3.63, 3.8) is 0 Å². The van der Waals surface area contributed by atoms with Gasteiger partial charge in [-0.25, -0.2) is 4.98 Å². The molecule has 0 saturated carbocycles. The molecule has 0 radical (unpaired) electrons. The quantitative estimate of drug-likeness (QED) is 0.814. The highest BCUT2D eigenvalue weighted by Gasteiger charge is 2.15. The largest absolute Gasteiger partial charge is 0.356 e. The Morgan fingerprint density at radius 3 is 2.75 bits per heavy atom. The molecular weight excluding hydrogens is 200 g/mol. The highest BCUT2D eigenvalue weighted by molar-refractivity contribution is 5.74. The summed E-state index contributed by atoms with van der Waals surface area (Å²) in [6.07, 6.45) is 1.90. The van der Waals surface area contributed by atoms with E-state index in [2.05, 4.69) is 47.1 Å². The van der Waals surface area contributed by atoms with Crippen LogP contribution < -0.4 is 5.32 Å². The SMILES string of the molecule is CCNc1nc2ncc(C(C)(C)C)cc2[nH]1. The molecule has 0 saturated heterocycles. The summed E-state index contributed by atoms with van der Waals surface area (Å²) in [6, 6.07) is 2.12. The summed E-state index contributed by atoms with van der Waals surface area (Å²) in [5.41, 5.74) is 3.09. The Morgan fingerprint density at radius 2 is 2.12 bits per heavy atom. The van der Waals surface area contributed by atoms with Crippen LogP contribution in [0.15, 0.2) is 12.3 Å². The summed E-state index contributed by atoms with van der Waals surface area (Å²) in [6.45, 7) is 9.43. The Hall–Kier alpha value is -1.58. The van der Waals surface area contributed by atoms with E-state index in [0.717, 1.165) is 23.7 Å². The van der Waals surface area contributed by atoms with E-state index in [4.69, 9.17) is 0 Å². The van der Waals surface area contributed by atoms with Gasteiger partial charge in [0.15, 0.2) is 5.65 Å². The Bertz CT molecular complexity index is 493. The Morgan fingerprint density at radius 1 is 1.38 bits per heavy atom. The zero-order chi connectivity index (χ0) is 11.8. The number of imidazole rings is 1. The number of nitrogens with zero attached hydrogens (tertiary/aromatic N) is 2. The van der Waals surface area contributed by atoms with Crippen LogP contribution in [0.1, 0.15) is 33.3 Å². The molecule has 0 aliphatic carbocycles. The van der Waals surface area contributed by atoms with Gasteiger partial charge in [0.25, 0.3) is 0 Å². The topological polar surface area (TPSA) is 53.6 Å². The summed E-state index contributed by atoms with van der Waals surface area (Å²) < 4.78 is 0. The van der Waals surface area contributed by atoms with Crippen LogP contribution in [0.25, 0.3) is 11.2 Å². The van der Waals surface area contributed by atoms with E-state index in [9.17, 15) is 0 Å². The molecule has 0 fully saturated rings. The van der Waals surface area contributed by atoms with Gasteiger partial charge in [0.2, 0.25) is 5.95 Å². The van der Waals surface area contributed by atoms with E-state index in [0.29, 0.717) is 0 Å². The predicted octanol–water partition coefficient (Wildman–Crippen LogP) is 2.69. The van der Waals surface area contributed by atoms with Gasteiger partial charge >= 0.3 is 0 Å². The molecule has 2 aromatic heterocycles. The zero-order valence-electron chi connectivity index (χ0n) is 10.3. The van der Waals surface area contributed by atoms with Crippen molar-refractivity contribution in [3.8, 4) is 0 Å². The van der Waals surface area contributed by atoms with Crippen LogP contribution in [0.2, 0.25) is 0 Å². The third kappa shape index (κ3) is 2.01. The molecule has 2 heterocycles. The van der Waals surface area contributed by atoms with E-state index < -0.39 is 0 Å².